The second kappa shape index (κ2) is 7.77. The van der Waals surface area contributed by atoms with E-state index in [0.717, 1.165) is 16.8 Å². The number of benzene rings is 2. The number of nitrogens with one attached hydrogen (secondary N) is 1. The van der Waals surface area contributed by atoms with Crippen molar-refractivity contribution < 1.29 is 9.53 Å². The summed E-state index contributed by atoms with van der Waals surface area (Å²) in [5.74, 6) is 1.04. The van der Waals surface area contributed by atoms with E-state index in [2.05, 4.69) is 20.8 Å². The van der Waals surface area contributed by atoms with Gasteiger partial charge in [0.1, 0.15) is 12.4 Å². The van der Waals surface area contributed by atoms with Crippen LogP contribution in [0.1, 0.15) is 34.2 Å². The van der Waals surface area contributed by atoms with Crippen LogP contribution in [-0.2, 0) is 13.2 Å². The number of aromatic nitrogens is 4. The van der Waals surface area contributed by atoms with Crippen LogP contribution >= 0.6 is 0 Å². The average Bonchev–Trinajstić information content (AvgIpc) is 3.10. The summed E-state index contributed by atoms with van der Waals surface area (Å²) in [5, 5.41) is 14.4. The third-order valence-electron chi connectivity index (χ3n) is 4.00. The molecule has 3 aromatic rings. The topological polar surface area (TPSA) is 81.9 Å². The third kappa shape index (κ3) is 4.05. The molecule has 1 amide bonds. The summed E-state index contributed by atoms with van der Waals surface area (Å²) < 4.78 is 7.39. The van der Waals surface area contributed by atoms with Crippen LogP contribution in [0.15, 0.2) is 42.5 Å². The molecule has 0 aliphatic heterocycles. The summed E-state index contributed by atoms with van der Waals surface area (Å²) in [6, 6.07) is 13.0. The number of hydrogen-bond donors (Lipinski definition) is 1. The van der Waals surface area contributed by atoms with Crippen molar-refractivity contribution in [3.05, 3.63) is 65.0 Å². The van der Waals surface area contributed by atoms with E-state index < -0.39 is 0 Å². The van der Waals surface area contributed by atoms with E-state index in [9.17, 15) is 4.79 Å². The third-order valence-corrected chi connectivity index (χ3v) is 4.00. The number of aryl methyl sites for hydroxylation is 3. The standard InChI is InChI=1S/C19H21N5O2/c1-4-24-18(21-22-23-24)12-26-16-7-5-6-15(11-16)19(25)20-17-9-8-13(2)10-14(17)3/h5-11H,4,12H2,1-3H3,(H,20,25). The molecular weight excluding hydrogens is 330 g/mol. The predicted molar refractivity (Wildman–Crippen MR) is 98.1 cm³/mol. The number of ether oxygens (including phenoxy) is 1. The van der Waals surface area contributed by atoms with Gasteiger partial charge in [0.25, 0.3) is 5.91 Å². The van der Waals surface area contributed by atoms with Crippen molar-refractivity contribution in [3.63, 3.8) is 0 Å². The Kier molecular flexibility index (Phi) is 5.26. The SMILES string of the molecule is CCn1nnnc1COc1cccc(C(=O)Nc2ccc(C)cc2C)c1. The molecule has 0 atom stereocenters. The molecule has 0 aliphatic rings. The minimum atomic E-state index is -0.180. The maximum absolute atomic E-state index is 12.5. The van der Waals surface area contributed by atoms with Crippen molar-refractivity contribution in [1.82, 2.24) is 20.2 Å². The van der Waals surface area contributed by atoms with Crippen molar-refractivity contribution in [2.24, 2.45) is 0 Å². The lowest BCUT2D eigenvalue weighted by Gasteiger charge is -2.10. The lowest BCUT2D eigenvalue weighted by molar-refractivity contribution is 0.102. The van der Waals surface area contributed by atoms with Crippen LogP contribution in [0.4, 0.5) is 5.69 Å². The molecule has 1 heterocycles. The summed E-state index contributed by atoms with van der Waals surface area (Å²) in [6.07, 6.45) is 0. The van der Waals surface area contributed by atoms with Gasteiger partial charge in [0.15, 0.2) is 5.82 Å². The Morgan fingerprint density at radius 2 is 2.04 bits per heavy atom. The minimum absolute atomic E-state index is 0.180. The van der Waals surface area contributed by atoms with E-state index in [4.69, 9.17) is 4.74 Å². The fraction of sp³-hybridized carbons (Fsp3) is 0.263. The highest BCUT2D eigenvalue weighted by atomic mass is 16.5. The molecule has 0 unspecified atom stereocenters. The first kappa shape index (κ1) is 17.6. The zero-order chi connectivity index (χ0) is 18.5. The highest BCUT2D eigenvalue weighted by Crippen LogP contribution is 2.19. The van der Waals surface area contributed by atoms with Crippen LogP contribution in [0.5, 0.6) is 5.75 Å². The maximum Gasteiger partial charge on any atom is 0.255 e. The van der Waals surface area contributed by atoms with Gasteiger partial charge in [0.05, 0.1) is 0 Å². The van der Waals surface area contributed by atoms with Crippen LogP contribution < -0.4 is 10.1 Å². The van der Waals surface area contributed by atoms with Gasteiger partial charge in [-0.15, -0.1) is 5.10 Å². The van der Waals surface area contributed by atoms with Crippen LogP contribution in [0.3, 0.4) is 0 Å². The lowest BCUT2D eigenvalue weighted by Crippen LogP contribution is -2.13. The zero-order valence-electron chi connectivity index (χ0n) is 15.1. The Hall–Kier alpha value is -3.22. The summed E-state index contributed by atoms with van der Waals surface area (Å²) in [7, 11) is 0. The van der Waals surface area contributed by atoms with Gasteiger partial charge in [0.2, 0.25) is 0 Å². The number of anilines is 1. The number of amides is 1. The number of hydrogen-bond acceptors (Lipinski definition) is 5. The molecular formula is C19H21N5O2. The number of carbonyl (C=O) groups excluding carboxylic acids is 1. The zero-order valence-corrected chi connectivity index (χ0v) is 15.1. The summed E-state index contributed by atoms with van der Waals surface area (Å²) >= 11 is 0. The van der Waals surface area contributed by atoms with Gasteiger partial charge in [-0.05, 0) is 61.0 Å². The molecule has 7 heteroatoms. The molecule has 26 heavy (non-hydrogen) atoms. The Morgan fingerprint density at radius 3 is 2.81 bits per heavy atom. The molecule has 1 aromatic heterocycles. The molecule has 7 nitrogen and oxygen atoms in total. The second-order valence-corrected chi connectivity index (χ2v) is 6.00. The maximum atomic E-state index is 12.5. The van der Waals surface area contributed by atoms with Gasteiger partial charge in [-0.2, -0.15) is 0 Å². The van der Waals surface area contributed by atoms with Crippen molar-refractivity contribution in [2.45, 2.75) is 33.9 Å². The number of nitrogens with zero attached hydrogens (tertiary/aromatic N) is 4. The summed E-state index contributed by atoms with van der Waals surface area (Å²) in [6.45, 7) is 6.86. The Morgan fingerprint density at radius 1 is 1.19 bits per heavy atom. The number of tetrazole rings is 1. The molecule has 134 valence electrons. The molecule has 3 rings (SSSR count). The van der Waals surface area contributed by atoms with Gasteiger partial charge in [0, 0.05) is 17.8 Å². The predicted octanol–water partition coefficient (Wildman–Crippen LogP) is 3.14. The van der Waals surface area contributed by atoms with Gasteiger partial charge in [-0.1, -0.05) is 23.8 Å². The van der Waals surface area contributed by atoms with Gasteiger partial charge in [-0.25, -0.2) is 4.68 Å². The van der Waals surface area contributed by atoms with E-state index in [0.29, 0.717) is 23.7 Å². The summed E-state index contributed by atoms with van der Waals surface area (Å²) in [5.41, 5.74) is 3.51. The lowest BCUT2D eigenvalue weighted by atomic mass is 10.1. The molecule has 0 saturated carbocycles. The fourth-order valence-electron chi connectivity index (χ4n) is 2.60. The van der Waals surface area contributed by atoms with Crippen molar-refractivity contribution in [2.75, 3.05) is 5.32 Å². The van der Waals surface area contributed by atoms with Crippen LogP contribution in [0, 0.1) is 13.8 Å². The Labute approximate surface area is 152 Å². The average molecular weight is 351 g/mol. The summed E-state index contributed by atoms with van der Waals surface area (Å²) in [4.78, 5) is 12.5. The smallest absolute Gasteiger partial charge is 0.255 e. The van der Waals surface area contributed by atoms with E-state index in [1.165, 1.54) is 0 Å². The largest absolute Gasteiger partial charge is 0.486 e. The molecule has 0 bridgehead atoms. The molecule has 1 N–H and O–H groups in total. The highest BCUT2D eigenvalue weighted by Gasteiger charge is 2.10. The van der Waals surface area contributed by atoms with Crippen LogP contribution in [0.25, 0.3) is 0 Å². The van der Waals surface area contributed by atoms with E-state index in [1.54, 1.807) is 28.9 Å². The van der Waals surface area contributed by atoms with Crippen molar-refractivity contribution in [3.8, 4) is 5.75 Å². The van der Waals surface area contributed by atoms with E-state index in [1.807, 2.05) is 39.0 Å². The van der Waals surface area contributed by atoms with Gasteiger partial charge < -0.3 is 10.1 Å². The first-order valence-corrected chi connectivity index (χ1v) is 8.43. The quantitative estimate of drug-likeness (QED) is 0.738. The molecule has 0 spiro atoms. The Balaban J connectivity index is 1.69. The first-order chi connectivity index (χ1) is 12.6. The molecule has 0 fully saturated rings. The van der Waals surface area contributed by atoms with Crippen molar-refractivity contribution in [1.29, 1.82) is 0 Å². The van der Waals surface area contributed by atoms with Crippen LogP contribution in [0.2, 0.25) is 0 Å². The number of rotatable bonds is 6. The molecule has 0 radical (unpaired) electrons. The molecule has 2 aromatic carbocycles. The molecule has 0 aliphatic carbocycles. The first-order valence-electron chi connectivity index (χ1n) is 8.43. The highest BCUT2D eigenvalue weighted by molar-refractivity contribution is 6.04. The normalized spacial score (nSPS) is 10.6. The second-order valence-electron chi connectivity index (χ2n) is 6.00. The Bertz CT molecular complexity index is 920. The van der Waals surface area contributed by atoms with E-state index in [-0.39, 0.29) is 12.5 Å². The van der Waals surface area contributed by atoms with Gasteiger partial charge in [-0.3, -0.25) is 4.79 Å². The number of carbonyl (C=O) groups is 1. The van der Waals surface area contributed by atoms with E-state index >= 15 is 0 Å². The van der Waals surface area contributed by atoms with Crippen molar-refractivity contribution >= 4 is 11.6 Å². The molecule has 0 saturated heterocycles. The van der Waals surface area contributed by atoms with Crippen LogP contribution in [-0.4, -0.2) is 26.1 Å². The fourth-order valence-corrected chi connectivity index (χ4v) is 2.60. The monoisotopic (exact) mass is 351 g/mol. The minimum Gasteiger partial charge on any atom is -0.486 e. The van der Waals surface area contributed by atoms with Gasteiger partial charge >= 0.3 is 0 Å².